The fourth-order valence-electron chi connectivity index (χ4n) is 1.87. The Labute approximate surface area is 120 Å². The lowest BCUT2D eigenvalue weighted by atomic mass is 10.2. The van der Waals surface area contributed by atoms with Gasteiger partial charge in [0.1, 0.15) is 5.58 Å². The smallest absolute Gasteiger partial charge is 0.316 e. The summed E-state index contributed by atoms with van der Waals surface area (Å²) in [6.07, 6.45) is 2.97. The van der Waals surface area contributed by atoms with Crippen LogP contribution in [0.25, 0.3) is 11.0 Å². The second-order valence-electron chi connectivity index (χ2n) is 4.29. The van der Waals surface area contributed by atoms with Crippen molar-refractivity contribution in [3.63, 3.8) is 0 Å². The number of amides is 1. The van der Waals surface area contributed by atoms with E-state index in [1.807, 2.05) is 31.2 Å². The standard InChI is InChI=1S/C15H13N3O3/c1-2-20-15-16-8-11(9-17-15)18-14(19)13-7-10-5-3-4-6-12(10)21-13/h3-9H,2H2,1H3,(H,18,19). The minimum Gasteiger partial charge on any atom is -0.464 e. The number of rotatable bonds is 4. The fourth-order valence-corrected chi connectivity index (χ4v) is 1.87. The number of fused-ring (bicyclic) bond motifs is 1. The number of benzene rings is 1. The van der Waals surface area contributed by atoms with Crippen LogP contribution in [0.2, 0.25) is 0 Å². The third kappa shape index (κ3) is 2.84. The van der Waals surface area contributed by atoms with Crippen molar-refractivity contribution in [3.8, 4) is 6.01 Å². The zero-order valence-corrected chi connectivity index (χ0v) is 11.4. The summed E-state index contributed by atoms with van der Waals surface area (Å²) in [6.45, 7) is 2.34. The Morgan fingerprint density at radius 2 is 2.05 bits per heavy atom. The molecule has 0 saturated heterocycles. The van der Waals surface area contributed by atoms with Crippen LogP contribution in [-0.2, 0) is 0 Å². The number of hydrogen-bond donors (Lipinski definition) is 1. The second-order valence-corrected chi connectivity index (χ2v) is 4.29. The largest absolute Gasteiger partial charge is 0.464 e. The van der Waals surface area contributed by atoms with Crippen molar-refractivity contribution in [2.24, 2.45) is 0 Å². The topological polar surface area (TPSA) is 77.2 Å². The van der Waals surface area contributed by atoms with Gasteiger partial charge in [-0.3, -0.25) is 4.79 Å². The van der Waals surface area contributed by atoms with Crippen molar-refractivity contribution in [1.82, 2.24) is 9.97 Å². The van der Waals surface area contributed by atoms with E-state index in [1.54, 1.807) is 6.07 Å². The van der Waals surface area contributed by atoms with E-state index >= 15 is 0 Å². The van der Waals surface area contributed by atoms with Crippen LogP contribution in [0.1, 0.15) is 17.5 Å². The van der Waals surface area contributed by atoms with Crippen molar-refractivity contribution in [2.45, 2.75) is 6.92 Å². The molecule has 0 spiro atoms. The molecule has 0 aliphatic carbocycles. The molecule has 0 aliphatic rings. The third-order valence-electron chi connectivity index (χ3n) is 2.81. The summed E-state index contributed by atoms with van der Waals surface area (Å²) in [6, 6.07) is 9.41. The van der Waals surface area contributed by atoms with Gasteiger partial charge in [-0.1, -0.05) is 18.2 Å². The van der Waals surface area contributed by atoms with Gasteiger partial charge in [0.25, 0.3) is 5.91 Å². The van der Waals surface area contributed by atoms with Crippen LogP contribution in [0.3, 0.4) is 0 Å². The van der Waals surface area contributed by atoms with Gasteiger partial charge in [-0.05, 0) is 19.1 Å². The first-order valence-corrected chi connectivity index (χ1v) is 6.51. The summed E-state index contributed by atoms with van der Waals surface area (Å²) in [7, 11) is 0. The van der Waals surface area contributed by atoms with Gasteiger partial charge in [-0.25, -0.2) is 9.97 Å². The number of para-hydroxylation sites is 1. The number of anilines is 1. The summed E-state index contributed by atoms with van der Waals surface area (Å²) >= 11 is 0. The summed E-state index contributed by atoms with van der Waals surface area (Å²) in [4.78, 5) is 20.1. The number of aromatic nitrogens is 2. The number of ether oxygens (including phenoxy) is 1. The first kappa shape index (κ1) is 13.1. The zero-order chi connectivity index (χ0) is 14.7. The molecule has 106 valence electrons. The van der Waals surface area contributed by atoms with Gasteiger partial charge in [0.15, 0.2) is 5.76 Å². The summed E-state index contributed by atoms with van der Waals surface area (Å²) in [5.74, 6) is -0.107. The first-order valence-electron chi connectivity index (χ1n) is 6.51. The highest BCUT2D eigenvalue weighted by Gasteiger charge is 2.12. The van der Waals surface area contributed by atoms with Crippen molar-refractivity contribution < 1.29 is 13.9 Å². The first-order chi connectivity index (χ1) is 10.3. The number of nitrogens with zero attached hydrogens (tertiary/aromatic N) is 2. The van der Waals surface area contributed by atoms with E-state index in [0.29, 0.717) is 17.9 Å². The number of nitrogens with one attached hydrogen (secondary N) is 1. The molecular formula is C15H13N3O3. The minimum atomic E-state index is -0.348. The second kappa shape index (κ2) is 5.62. The molecule has 0 radical (unpaired) electrons. The van der Waals surface area contributed by atoms with Crippen LogP contribution >= 0.6 is 0 Å². The zero-order valence-electron chi connectivity index (χ0n) is 11.4. The predicted octanol–water partition coefficient (Wildman–Crippen LogP) is 2.87. The van der Waals surface area contributed by atoms with E-state index in [-0.39, 0.29) is 17.7 Å². The van der Waals surface area contributed by atoms with Crippen LogP contribution in [-0.4, -0.2) is 22.5 Å². The van der Waals surface area contributed by atoms with Gasteiger partial charge in [0.2, 0.25) is 0 Å². The number of carbonyl (C=O) groups excluding carboxylic acids is 1. The lowest BCUT2D eigenvalue weighted by Crippen LogP contribution is -2.11. The van der Waals surface area contributed by atoms with Gasteiger partial charge in [0.05, 0.1) is 24.7 Å². The normalized spacial score (nSPS) is 10.5. The van der Waals surface area contributed by atoms with E-state index in [2.05, 4.69) is 15.3 Å². The quantitative estimate of drug-likeness (QED) is 0.796. The molecule has 21 heavy (non-hydrogen) atoms. The van der Waals surface area contributed by atoms with E-state index < -0.39 is 0 Å². The Balaban J connectivity index is 1.76. The van der Waals surface area contributed by atoms with Crippen LogP contribution in [0.4, 0.5) is 5.69 Å². The van der Waals surface area contributed by atoms with Gasteiger partial charge < -0.3 is 14.5 Å². The maximum Gasteiger partial charge on any atom is 0.316 e. The Kier molecular flexibility index (Phi) is 3.51. The van der Waals surface area contributed by atoms with Gasteiger partial charge in [-0.2, -0.15) is 0 Å². The summed E-state index contributed by atoms with van der Waals surface area (Å²) < 4.78 is 10.6. The lowest BCUT2D eigenvalue weighted by molar-refractivity contribution is 0.0998. The Morgan fingerprint density at radius 1 is 1.29 bits per heavy atom. The molecule has 3 aromatic rings. The number of carbonyl (C=O) groups is 1. The van der Waals surface area contributed by atoms with E-state index in [9.17, 15) is 4.79 Å². The molecule has 1 amide bonds. The van der Waals surface area contributed by atoms with Crippen LogP contribution in [0.5, 0.6) is 6.01 Å². The highest BCUT2D eigenvalue weighted by atomic mass is 16.5. The molecule has 0 saturated carbocycles. The van der Waals surface area contributed by atoms with Gasteiger partial charge in [-0.15, -0.1) is 0 Å². The Bertz CT molecular complexity index is 732. The maximum absolute atomic E-state index is 12.1. The van der Waals surface area contributed by atoms with E-state index in [1.165, 1.54) is 12.4 Å². The van der Waals surface area contributed by atoms with Crippen molar-refractivity contribution in [2.75, 3.05) is 11.9 Å². The molecule has 0 fully saturated rings. The Hall–Kier alpha value is -2.89. The van der Waals surface area contributed by atoms with Crippen LogP contribution in [0, 0.1) is 0 Å². The molecule has 0 unspecified atom stereocenters. The highest BCUT2D eigenvalue weighted by molar-refractivity contribution is 6.04. The van der Waals surface area contributed by atoms with E-state index in [4.69, 9.17) is 9.15 Å². The molecule has 6 nitrogen and oxygen atoms in total. The fraction of sp³-hybridized carbons (Fsp3) is 0.133. The number of hydrogen-bond acceptors (Lipinski definition) is 5. The molecule has 6 heteroatoms. The predicted molar refractivity (Wildman–Crippen MR) is 77.4 cm³/mol. The monoisotopic (exact) mass is 283 g/mol. The molecule has 1 aromatic carbocycles. The number of furan rings is 1. The third-order valence-corrected chi connectivity index (χ3v) is 2.81. The molecule has 0 aliphatic heterocycles. The van der Waals surface area contributed by atoms with Crippen molar-refractivity contribution in [3.05, 3.63) is 48.5 Å². The van der Waals surface area contributed by atoms with Crippen molar-refractivity contribution in [1.29, 1.82) is 0 Å². The highest BCUT2D eigenvalue weighted by Crippen LogP contribution is 2.19. The summed E-state index contributed by atoms with van der Waals surface area (Å²) in [5, 5.41) is 3.56. The SMILES string of the molecule is CCOc1ncc(NC(=O)c2cc3ccccc3o2)cn1. The van der Waals surface area contributed by atoms with Crippen LogP contribution in [0.15, 0.2) is 47.1 Å². The minimum absolute atomic E-state index is 0.241. The summed E-state index contributed by atoms with van der Waals surface area (Å²) in [5.41, 5.74) is 1.15. The molecule has 3 rings (SSSR count). The van der Waals surface area contributed by atoms with Crippen LogP contribution < -0.4 is 10.1 Å². The van der Waals surface area contributed by atoms with Gasteiger partial charge >= 0.3 is 6.01 Å². The maximum atomic E-state index is 12.1. The average molecular weight is 283 g/mol. The van der Waals surface area contributed by atoms with E-state index in [0.717, 1.165) is 5.39 Å². The molecule has 2 heterocycles. The molecule has 1 N–H and O–H groups in total. The Morgan fingerprint density at radius 3 is 2.76 bits per heavy atom. The molecule has 0 atom stereocenters. The van der Waals surface area contributed by atoms with Gasteiger partial charge in [0, 0.05) is 5.39 Å². The molecular weight excluding hydrogens is 270 g/mol. The average Bonchev–Trinajstić information content (AvgIpc) is 2.94. The lowest BCUT2D eigenvalue weighted by Gasteiger charge is -2.03. The molecule has 0 bridgehead atoms. The van der Waals surface area contributed by atoms with Crippen molar-refractivity contribution >= 4 is 22.6 Å². The molecule has 2 aromatic heterocycles.